The summed E-state index contributed by atoms with van der Waals surface area (Å²) in [6, 6.07) is 9.04. The molecule has 10 nitrogen and oxygen atoms in total. The van der Waals surface area contributed by atoms with Crippen LogP contribution in [0.3, 0.4) is 0 Å². The van der Waals surface area contributed by atoms with Crippen molar-refractivity contribution in [3.8, 4) is 11.3 Å². The lowest BCUT2D eigenvalue weighted by molar-refractivity contribution is -0.143. The van der Waals surface area contributed by atoms with Gasteiger partial charge in [0.2, 0.25) is 0 Å². The Labute approximate surface area is 174 Å². The van der Waals surface area contributed by atoms with E-state index in [0.29, 0.717) is 33.6 Å². The minimum absolute atomic E-state index is 0.213. The normalized spacial score (nSPS) is 19.0. The van der Waals surface area contributed by atoms with Crippen molar-refractivity contribution >= 4 is 44.2 Å². The number of carbonyl (C=O) groups excluding carboxylic acids is 1. The largest absolute Gasteiger partial charge is 0.382 e. The average molecular weight is 423 g/mol. The molecule has 0 radical (unpaired) electrons. The maximum atomic E-state index is 12.3. The number of thiazole rings is 1. The molecule has 0 aliphatic carbocycles. The van der Waals surface area contributed by atoms with Crippen LogP contribution in [0.5, 0.6) is 0 Å². The SMILES string of the molecule is CN1CCC(O)(c2cc(-c3cccc(Nc4nc5c(N)ncnc5s4)c3)on2)C1=O. The molecule has 1 aliphatic rings. The van der Waals surface area contributed by atoms with Gasteiger partial charge in [0.1, 0.15) is 17.5 Å². The van der Waals surface area contributed by atoms with Crippen molar-refractivity contribution in [2.75, 3.05) is 24.6 Å². The topological polar surface area (TPSA) is 143 Å². The van der Waals surface area contributed by atoms with Crippen molar-refractivity contribution < 1.29 is 14.4 Å². The molecule has 5 rings (SSSR count). The van der Waals surface area contributed by atoms with Crippen molar-refractivity contribution in [1.82, 2.24) is 25.0 Å². The van der Waals surface area contributed by atoms with Gasteiger partial charge in [-0.1, -0.05) is 28.6 Å². The van der Waals surface area contributed by atoms with E-state index in [4.69, 9.17) is 10.3 Å². The summed E-state index contributed by atoms with van der Waals surface area (Å²) in [6.07, 6.45) is 1.68. The maximum absolute atomic E-state index is 12.3. The molecular weight excluding hydrogens is 406 g/mol. The Hall–Kier alpha value is -3.57. The van der Waals surface area contributed by atoms with Crippen LogP contribution in [0, 0.1) is 0 Å². The number of nitrogens with one attached hydrogen (secondary N) is 1. The van der Waals surface area contributed by atoms with E-state index in [9.17, 15) is 9.90 Å². The molecule has 152 valence electrons. The highest BCUT2D eigenvalue weighted by Gasteiger charge is 2.47. The second kappa shape index (κ2) is 6.75. The van der Waals surface area contributed by atoms with E-state index in [1.54, 1.807) is 13.1 Å². The molecule has 0 bridgehead atoms. The molecule has 1 unspecified atom stereocenters. The van der Waals surface area contributed by atoms with Crippen molar-refractivity contribution in [3.05, 3.63) is 42.4 Å². The van der Waals surface area contributed by atoms with Crippen LogP contribution >= 0.6 is 11.3 Å². The molecule has 0 saturated carbocycles. The summed E-state index contributed by atoms with van der Waals surface area (Å²) >= 11 is 1.36. The van der Waals surface area contributed by atoms with Crippen molar-refractivity contribution in [2.45, 2.75) is 12.0 Å². The third-order valence-corrected chi connectivity index (χ3v) is 5.94. The van der Waals surface area contributed by atoms with Gasteiger partial charge in [-0.25, -0.2) is 15.0 Å². The van der Waals surface area contributed by atoms with Gasteiger partial charge in [0, 0.05) is 37.3 Å². The summed E-state index contributed by atoms with van der Waals surface area (Å²) in [5.41, 5.74) is 6.48. The van der Waals surface area contributed by atoms with Crippen LogP contribution in [-0.4, -0.2) is 49.6 Å². The molecule has 4 aromatic rings. The summed E-state index contributed by atoms with van der Waals surface area (Å²) in [4.78, 5) is 27.0. The molecule has 30 heavy (non-hydrogen) atoms. The van der Waals surface area contributed by atoms with Gasteiger partial charge in [0.05, 0.1) is 0 Å². The van der Waals surface area contributed by atoms with Crippen LogP contribution in [0.15, 0.2) is 41.2 Å². The number of hydrogen-bond donors (Lipinski definition) is 3. The van der Waals surface area contributed by atoms with E-state index in [1.165, 1.54) is 22.6 Å². The predicted molar refractivity (Wildman–Crippen MR) is 111 cm³/mol. The van der Waals surface area contributed by atoms with E-state index >= 15 is 0 Å². The molecule has 1 amide bonds. The average Bonchev–Trinajstić information content (AvgIpc) is 3.45. The van der Waals surface area contributed by atoms with Gasteiger partial charge < -0.3 is 25.6 Å². The van der Waals surface area contributed by atoms with E-state index in [-0.39, 0.29) is 18.0 Å². The molecule has 1 aromatic carbocycles. The first-order valence-corrected chi connectivity index (χ1v) is 9.95. The molecule has 1 aliphatic heterocycles. The highest BCUT2D eigenvalue weighted by molar-refractivity contribution is 7.21. The first kappa shape index (κ1) is 18.5. The summed E-state index contributed by atoms with van der Waals surface area (Å²) in [5, 5.41) is 18.6. The van der Waals surface area contributed by atoms with Crippen molar-refractivity contribution in [3.63, 3.8) is 0 Å². The lowest BCUT2D eigenvalue weighted by atomic mass is 9.97. The zero-order chi connectivity index (χ0) is 20.9. The molecule has 3 aromatic heterocycles. The Kier molecular flexibility index (Phi) is 4.15. The van der Waals surface area contributed by atoms with Crippen LogP contribution in [-0.2, 0) is 10.4 Å². The number of likely N-dealkylation sites (tertiary alicyclic amines) is 1. The molecule has 11 heteroatoms. The first-order valence-electron chi connectivity index (χ1n) is 9.14. The second-order valence-electron chi connectivity index (χ2n) is 7.05. The number of rotatable bonds is 4. The Bertz CT molecular complexity index is 1270. The fourth-order valence-electron chi connectivity index (χ4n) is 3.40. The molecular formula is C19H17N7O3S. The first-order chi connectivity index (χ1) is 14.4. The number of carbonyl (C=O) groups is 1. The number of fused-ring (bicyclic) bond motifs is 1. The van der Waals surface area contributed by atoms with Crippen LogP contribution in [0.1, 0.15) is 12.1 Å². The van der Waals surface area contributed by atoms with Crippen LogP contribution < -0.4 is 11.1 Å². The minimum Gasteiger partial charge on any atom is -0.382 e. The Balaban J connectivity index is 1.42. The van der Waals surface area contributed by atoms with Crippen molar-refractivity contribution in [1.29, 1.82) is 0 Å². The van der Waals surface area contributed by atoms with E-state index in [0.717, 1.165) is 11.3 Å². The lowest BCUT2D eigenvalue weighted by Crippen LogP contribution is -2.36. The van der Waals surface area contributed by atoms with Gasteiger partial charge in [-0.05, 0) is 12.1 Å². The zero-order valence-corrected chi connectivity index (χ0v) is 16.7. The summed E-state index contributed by atoms with van der Waals surface area (Å²) in [5.74, 6) is 0.400. The lowest BCUT2D eigenvalue weighted by Gasteiger charge is -2.16. The van der Waals surface area contributed by atoms with E-state index < -0.39 is 5.60 Å². The number of hydrogen-bond acceptors (Lipinski definition) is 10. The number of amides is 1. The summed E-state index contributed by atoms with van der Waals surface area (Å²) < 4.78 is 5.42. The monoisotopic (exact) mass is 423 g/mol. The number of likely N-dealkylation sites (N-methyl/N-ethyl adjacent to an activating group) is 1. The molecule has 0 spiro atoms. The van der Waals surface area contributed by atoms with Crippen molar-refractivity contribution in [2.24, 2.45) is 0 Å². The fraction of sp³-hybridized carbons (Fsp3) is 0.211. The minimum atomic E-state index is -1.64. The van der Waals surface area contributed by atoms with Gasteiger partial charge >= 0.3 is 0 Å². The van der Waals surface area contributed by atoms with Crippen LogP contribution in [0.25, 0.3) is 21.7 Å². The number of anilines is 3. The maximum Gasteiger partial charge on any atom is 0.260 e. The van der Waals surface area contributed by atoms with Gasteiger partial charge in [-0.2, -0.15) is 0 Å². The summed E-state index contributed by atoms with van der Waals surface area (Å²) in [7, 11) is 1.65. The number of aliphatic hydroxyl groups is 1. The number of nitrogens with zero attached hydrogens (tertiary/aromatic N) is 5. The highest BCUT2D eigenvalue weighted by atomic mass is 32.1. The smallest absolute Gasteiger partial charge is 0.260 e. The quantitative estimate of drug-likeness (QED) is 0.449. The predicted octanol–water partition coefficient (Wildman–Crippen LogP) is 2.12. The third-order valence-electron chi connectivity index (χ3n) is 5.07. The number of benzene rings is 1. The standard InChI is InChI=1S/C19H17N7O3S/c1-26-6-5-19(28,17(26)27)13-8-12(29-25-13)10-3-2-4-11(7-10)23-18-24-14-15(20)21-9-22-16(14)30-18/h2-4,7-9,28H,5-6H2,1H3,(H,23,24)(H2,20,21,22). The Morgan fingerprint density at radius 1 is 1.33 bits per heavy atom. The zero-order valence-electron chi connectivity index (χ0n) is 15.9. The molecule has 4 N–H and O–H groups in total. The fourth-order valence-corrected chi connectivity index (χ4v) is 4.23. The molecule has 4 heterocycles. The number of aromatic nitrogens is 4. The Morgan fingerprint density at radius 3 is 2.97 bits per heavy atom. The highest BCUT2D eigenvalue weighted by Crippen LogP contribution is 2.35. The number of nitrogens with two attached hydrogens (primary N) is 1. The van der Waals surface area contributed by atoms with Crippen LogP contribution in [0.4, 0.5) is 16.6 Å². The van der Waals surface area contributed by atoms with Gasteiger partial charge in [0.25, 0.3) is 5.91 Å². The molecule has 1 atom stereocenters. The van der Waals surface area contributed by atoms with Gasteiger partial charge in [-0.3, -0.25) is 4.79 Å². The third kappa shape index (κ3) is 2.95. The van der Waals surface area contributed by atoms with Gasteiger partial charge in [-0.15, -0.1) is 0 Å². The molecule has 1 saturated heterocycles. The summed E-state index contributed by atoms with van der Waals surface area (Å²) in [6.45, 7) is 0.466. The second-order valence-corrected chi connectivity index (χ2v) is 8.03. The van der Waals surface area contributed by atoms with Crippen LogP contribution in [0.2, 0.25) is 0 Å². The molecule has 1 fully saturated rings. The van der Waals surface area contributed by atoms with E-state index in [2.05, 4.69) is 25.4 Å². The Morgan fingerprint density at radius 2 is 2.20 bits per heavy atom. The number of nitrogen functional groups attached to an aromatic ring is 1. The van der Waals surface area contributed by atoms with E-state index in [1.807, 2.05) is 24.3 Å². The van der Waals surface area contributed by atoms with Gasteiger partial charge in [0.15, 0.2) is 27.1 Å².